The Morgan fingerprint density at radius 2 is 0.500 bits per heavy atom. The van der Waals surface area contributed by atoms with E-state index in [9.17, 15) is 0 Å². The zero-order chi connectivity index (χ0) is 48.2. The van der Waals surface area contributed by atoms with E-state index in [1.165, 1.54) is 191 Å². The Kier molecular flexibility index (Phi) is 8.50. The van der Waals surface area contributed by atoms with E-state index >= 15 is 0 Å². The first-order valence-electron chi connectivity index (χ1n) is 27.0. The zero-order valence-electron chi connectivity index (χ0n) is 41.2. The van der Waals surface area contributed by atoms with Crippen molar-refractivity contribution >= 4 is 76.0 Å². The molecule has 0 aromatic heterocycles. The van der Waals surface area contributed by atoms with Gasteiger partial charge in [0.25, 0.3) is 0 Å². The fourth-order valence-corrected chi connectivity index (χ4v) is 14.9. The Morgan fingerprint density at radius 1 is 0.216 bits per heavy atom. The van der Waals surface area contributed by atoms with Crippen LogP contribution >= 0.6 is 0 Å². The van der Waals surface area contributed by atoms with E-state index < -0.39 is 0 Å². The van der Waals surface area contributed by atoms with Crippen LogP contribution in [0.15, 0.2) is 206 Å². The topological polar surface area (TPSA) is 6.48 Å². The van der Waals surface area contributed by atoms with Crippen molar-refractivity contribution in [1.29, 1.82) is 0 Å². The van der Waals surface area contributed by atoms with E-state index in [-0.39, 0.29) is 0 Å². The highest BCUT2D eigenvalue weighted by Gasteiger charge is 2.38. The molecule has 348 valence electrons. The predicted octanol–water partition coefficient (Wildman–Crippen LogP) is 19.2. The Bertz CT molecular complexity index is 4210. The normalized spacial score (nSPS) is 14.5. The van der Waals surface area contributed by atoms with Crippen molar-refractivity contribution in [2.45, 2.75) is 25.7 Å². The van der Waals surface area contributed by atoms with Crippen LogP contribution in [0.5, 0.6) is 0 Å². The van der Waals surface area contributed by atoms with E-state index in [1.54, 1.807) is 0 Å². The average Bonchev–Trinajstić information content (AvgIpc) is 4.32. The maximum atomic E-state index is 2.75. The average molecular weight is 943 g/mol. The summed E-state index contributed by atoms with van der Waals surface area (Å²) >= 11 is 0. The molecular formula is C72H50N2. The number of hydrogen-bond acceptors (Lipinski definition) is 2. The fourth-order valence-electron chi connectivity index (χ4n) is 14.9. The van der Waals surface area contributed by atoms with Gasteiger partial charge in [-0.3, -0.25) is 0 Å². The monoisotopic (exact) mass is 942 g/mol. The maximum absolute atomic E-state index is 2.75. The van der Waals surface area contributed by atoms with E-state index in [2.05, 4.69) is 216 Å². The second-order valence-corrected chi connectivity index (χ2v) is 21.4. The molecule has 74 heavy (non-hydrogen) atoms. The first-order valence-corrected chi connectivity index (χ1v) is 27.0. The van der Waals surface area contributed by atoms with Crippen molar-refractivity contribution in [3.63, 3.8) is 0 Å². The second-order valence-electron chi connectivity index (χ2n) is 21.4. The van der Waals surface area contributed by atoms with Crippen LogP contribution in [0.1, 0.15) is 25.7 Å². The molecule has 2 saturated heterocycles. The number of fused-ring (bicyclic) bond motifs is 10. The summed E-state index contributed by atoms with van der Waals surface area (Å²) < 4.78 is 0. The van der Waals surface area contributed by atoms with Crippen LogP contribution in [-0.4, -0.2) is 26.2 Å². The molecule has 4 aliphatic rings. The van der Waals surface area contributed by atoms with Gasteiger partial charge in [-0.25, -0.2) is 0 Å². The molecule has 2 heterocycles. The standard InChI is InChI=1S/C72H50N2/c1-5-21-43(22-6-1)59-47-29-13-15-31-49(47)61(45-25-9-3-10-26-45)71-55-41-57(73-37-17-18-38-73)65-54-36-34-52-64-56(42-58(74-39-19-20-40-74)66(70(54)64)53-35-33-51(67(59)71)63(55)69(53)65)72-62(46-27-11-4-12-28-46)50-32-16-14-30-48(50)60(68(52)72)44-23-7-2-8-24-44/h1-16,21-36,41-42H,17-20,37-40H2. The largest absolute Gasteiger partial charge is 0.371 e. The first kappa shape index (κ1) is 40.8. The van der Waals surface area contributed by atoms with Gasteiger partial charge >= 0.3 is 0 Å². The van der Waals surface area contributed by atoms with Gasteiger partial charge in [0.1, 0.15) is 0 Å². The first-order chi connectivity index (χ1) is 36.8. The molecule has 0 saturated carbocycles. The number of anilines is 2. The van der Waals surface area contributed by atoms with E-state index in [0.29, 0.717) is 0 Å². The fraction of sp³-hybridized carbons (Fsp3) is 0.111. The minimum absolute atomic E-state index is 1.06. The second kappa shape index (κ2) is 15.4. The third-order valence-corrected chi connectivity index (χ3v) is 17.7. The van der Waals surface area contributed by atoms with E-state index in [0.717, 1.165) is 26.2 Å². The zero-order valence-corrected chi connectivity index (χ0v) is 41.2. The summed E-state index contributed by atoms with van der Waals surface area (Å²) in [5.41, 5.74) is 24.1. The van der Waals surface area contributed by atoms with Gasteiger partial charge in [-0.1, -0.05) is 194 Å². The SMILES string of the molecule is c1ccc(-c2c3c(c(-c4ccccc4)c4ccccc24)-c2cc(N4CCCC4)c4c5ccc6c7c(cc(N8CCCC8)c(c8ccc-3c2c84)c75)-c2c-6c(-c3ccccc3)c3ccccc3c2-c2ccccc2)cc1. The summed E-state index contributed by atoms with van der Waals surface area (Å²) in [7, 11) is 0. The number of nitrogens with zero attached hydrogens (tertiary/aromatic N) is 2. The molecule has 2 nitrogen and oxygen atoms in total. The maximum Gasteiger partial charge on any atom is 0.0459 e. The summed E-state index contributed by atoms with van der Waals surface area (Å²) in [6, 6.07) is 78.9. The van der Waals surface area contributed by atoms with Gasteiger partial charge in [0.05, 0.1) is 0 Å². The van der Waals surface area contributed by atoms with Gasteiger partial charge in [0.2, 0.25) is 0 Å². The molecule has 2 fully saturated rings. The number of benzene rings is 13. The molecule has 17 rings (SSSR count). The highest BCUT2D eigenvalue weighted by molar-refractivity contribution is 6.45. The molecule has 0 spiro atoms. The quantitative estimate of drug-likeness (QED) is 0.121. The van der Waals surface area contributed by atoms with Gasteiger partial charge in [-0.05, 0) is 170 Å². The van der Waals surface area contributed by atoms with Crippen molar-refractivity contribution in [1.82, 2.24) is 0 Å². The van der Waals surface area contributed by atoms with Crippen molar-refractivity contribution in [3.8, 4) is 89.0 Å². The van der Waals surface area contributed by atoms with Crippen molar-refractivity contribution in [2.75, 3.05) is 36.0 Å². The molecule has 2 aliphatic carbocycles. The van der Waals surface area contributed by atoms with Gasteiger partial charge in [-0.15, -0.1) is 0 Å². The Labute approximate surface area is 430 Å². The summed E-state index contributed by atoms with van der Waals surface area (Å²) in [5, 5.41) is 16.5. The lowest BCUT2D eigenvalue weighted by Crippen LogP contribution is -2.19. The molecule has 13 aromatic carbocycles. The molecule has 2 heteroatoms. The minimum Gasteiger partial charge on any atom is -0.371 e. The van der Waals surface area contributed by atoms with Crippen LogP contribution < -0.4 is 9.80 Å². The van der Waals surface area contributed by atoms with Crippen LogP contribution in [0.4, 0.5) is 11.4 Å². The molecule has 13 aromatic rings. The summed E-state index contributed by atoms with van der Waals surface area (Å²) in [4.78, 5) is 5.50. The molecule has 0 amide bonds. The van der Waals surface area contributed by atoms with Crippen molar-refractivity contribution < 1.29 is 0 Å². The highest BCUT2D eigenvalue weighted by Crippen LogP contribution is 2.65. The summed E-state index contributed by atoms with van der Waals surface area (Å²) in [6.07, 6.45) is 4.82. The van der Waals surface area contributed by atoms with Gasteiger partial charge in [0.15, 0.2) is 0 Å². The Morgan fingerprint density at radius 3 is 0.811 bits per heavy atom. The molecular weight excluding hydrogens is 893 g/mol. The predicted molar refractivity (Wildman–Crippen MR) is 316 cm³/mol. The van der Waals surface area contributed by atoms with Crippen LogP contribution in [0, 0.1) is 0 Å². The van der Waals surface area contributed by atoms with Gasteiger partial charge in [-0.2, -0.15) is 0 Å². The van der Waals surface area contributed by atoms with Crippen molar-refractivity contribution in [2.24, 2.45) is 0 Å². The van der Waals surface area contributed by atoms with Crippen LogP contribution in [-0.2, 0) is 0 Å². The van der Waals surface area contributed by atoms with Gasteiger partial charge in [0, 0.05) is 59.1 Å². The number of hydrogen-bond donors (Lipinski definition) is 0. The Balaban J connectivity index is 1.08. The van der Waals surface area contributed by atoms with Gasteiger partial charge < -0.3 is 9.80 Å². The molecule has 0 radical (unpaired) electrons. The molecule has 0 N–H and O–H groups in total. The Hall–Kier alpha value is -8.72. The van der Waals surface area contributed by atoms with Crippen LogP contribution in [0.2, 0.25) is 0 Å². The van der Waals surface area contributed by atoms with E-state index in [1.807, 2.05) is 0 Å². The lowest BCUT2D eigenvalue weighted by molar-refractivity contribution is 0.949. The molecule has 2 aliphatic heterocycles. The lowest BCUT2D eigenvalue weighted by Gasteiger charge is -2.28. The third-order valence-electron chi connectivity index (χ3n) is 17.7. The third kappa shape index (κ3) is 5.40. The summed E-state index contributed by atoms with van der Waals surface area (Å²) in [6.45, 7) is 4.24. The smallest absolute Gasteiger partial charge is 0.0459 e. The molecule has 0 bridgehead atoms. The minimum atomic E-state index is 1.06. The van der Waals surface area contributed by atoms with E-state index in [4.69, 9.17) is 0 Å². The van der Waals surface area contributed by atoms with Crippen molar-refractivity contribution in [3.05, 3.63) is 206 Å². The van der Waals surface area contributed by atoms with Crippen LogP contribution in [0.3, 0.4) is 0 Å². The summed E-state index contributed by atoms with van der Waals surface area (Å²) in [5.74, 6) is 0. The lowest BCUT2D eigenvalue weighted by atomic mass is 9.82. The number of rotatable bonds is 6. The highest BCUT2D eigenvalue weighted by atomic mass is 15.1. The molecule has 0 atom stereocenters. The molecule has 0 unspecified atom stereocenters. The van der Waals surface area contributed by atoms with Crippen LogP contribution in [0.25, 0.3) is 154 Å².